The standard InChI is InChI=1S/C14H28N2O/c1-14(2,12-17)11-15-9-6-13(10-15)16-7-4-3-5-8-16/h13,17H,3-12H2,1-2H3. The van der Waals surface area contributed by atoms with Gasteiger partial charge in [0.1, 0.15) is 0 Å². The van der Waals surface area contributed by atoms with Crippen LogP contribution in [0.25, 0.3) is 0 Å². The van der Waals surface area contributed by atoms with E-state index < -0.39 is 0 Å². The summed E-state index contributed by atoms with van der Waals surface area (Å²) in [6.45, 7) is 10.7. The molecular weight excluding hydrogens is 212 g/mol. The summed E-state index contributed by atoms with van der Waals surface area (Å²) >= 11 is 0. The van der Waals surface area contributed by atoms with Gasteiger partial charge in [-0.15, -0.1) is 0 Å². The van der Waals surface area contributed by atoms with E-state index in [0.717, 1.165) is 12.6 Å². The Morgan fingerprint density at radius 2 is 1.82 bits per heavy atom. The second-order valence-corrected chi connectivity index (χ2v) is 6.60. The van der Waals surface area contributed by atoms with Gasteiger partial charge < -0.3 is 10.0 Å². The van der Waals surface area contributed by atoms with Crippen molar-refractivity contribution >= 4 is 0 Å². The fourth-order valence-corrected chi connectivity index (χ4v) is 3.19. The van der Waals surface area contributed by atoms with Crippen molar-refractivity contribution < 1.29 is 5.11 Å². The zero-order valence-electron chi connectivity index (χ0n) is 11.5. The molecular formula is C14H28N2O. The molecule has 0 saturated carbocycles. The van der Waals surface area contributed by atoms with Gasteiger partial charge in [-0.2, -0.15) is 0 Å². The molecule has 1 N–H and O–H groups in total. The Labute approximate surface area is 106 Å². The number of nitrogens with zero attached hydrogens (tertiary/aromatic N) is 2. The lowest BCUT2D eigenvalue weighted by Crippen LogP contribution is -2.42. The maximum absolute atomic E-state index is 9.33. The average molecular weight is 240 g/mol. The van der Waals surface area contributed by atoms with Crippen LogP contribution >= 0.6 is 0 Å². The lowest BCUT2D eigenvalue weighted by molar-refractivity contribution is 0.105. The van der Waals surface area contributed by atoms with Crippen LogP contribution in [0.4, 0.5) is 0 Å². The highest BCUT2D eigenvalue weighted by atomic mass is 16.3. The Balaban J connectivity index is 1.78. The van der Waals surface area contributed by atoms with Gasteiger partial charge in [0.2, 0.25) is 0 Å². The predicted molar refractivity (Wildman–Crippen MR) is 71.1 cm³/mol. The summed E-state index contributed by atoms with van der Waals surface area (Å²) in [5.74, 6) is 0. The van der Waals surface area contributed by atoms with Crippen molar-refractivity contribution in [2.75, 3.05) is 39.3 Å². The maximum Gasteiger partial charge on any atom is 0.0494 e. The number of hydrogen-bond acceptors (Lipinski definition) is 3. The first-order valence-electron chi connectivity index (χ1n) is 7.18. The molecule has 0 radical (unpaired) electrons. The van der Waals surface area contributed by atoms with Gasteiger partial charge in [-0.05, 0) is 38.9 Å². The smallest absolute Gasteiger partial charge is 0.0494 e. The van der Waals surface area contributed by atoms with Crippen LogP contribution in [0.15, 0.2) is 0 Å². The van der Waals surface area contributed by atoms with Gasteiger partial charge in [0.05, 0.1) is 0 Å². The van der Waals surface area contributed by atoms with Crippen LogP contribution in [0, 0.1) is 5.41 Å². The monoisotopic (exact) mass is 240 g/mol. The molecule has 0 amide bonds. The van der Waals surface area contributed by atoms with E-state index in [9.17, 15) is 5.11 Å². The molecule has 2 rings (SSSR count). The summed E-state index contributed by atoms with van der Waals surface area (Å²) in [6, 6.07) is 0.782. The Bertz CT molecular complexity index is 236. The van der Waals surface area contributed by atoms with E-state index in [1.165, 1.54) is 51.9 Å². The minimum absolute atomic E-state index is 0.0524. The normalized spacial score (nSPS) is 28.8. The number of piperidine rings is 1. The number of aliphatic hydroxyl groups is 1. The number of aliphatic hydroxyl groups excluding tert-OH is 1. The third-order valence-electron chi connectivity index (χ3n) is 4.23. The van der Waals surface area contributed by atoms with Crippen molar-refractivity contribution in [3.63, 3.8) is 0 Å². The first-order valence-corrected chi connectivity index (χ1v) is 7.18. The fraction of sp³-hybridized carbons (Fsp3) is 1.00. The SMILES string of the molecule is CC(C)(CO)CN1CCC(N2CCCCC2)C1. The summed E-state index contributed by atoms with van der Waals surface area (Å²) < 4.78 is 0. The van der Waals surface area contributed by atoms with E-state index in [-0.39, 0.29) is 12.0 Å². The van der Waals surface area contributed by atoms with Crippen LogP contribution in [0.3, 0.4) is 0 Å². The third-order valence-corrected chi connectivity index (χ3v) is 4.23. The van der Waals surface area contributed by atoms with Gasteiger partial charge in [0.25, 0.3) is 0 Å². The molecule has 0 bridgehead atoms. The zero-order valence-corrected chi connectivity index (χ0v) is 11.5. The van der Waals surface area contributed by atoms with Crippen LogP contribution in [0.5, 0.6) is 0 Å². The minimum Gasteiger partial charge on any atom is -0.396 e. The van der Waals surface area contributed by atoms with E-state index in [0.29, 0.717) is 0 Å². The molecule has 3 nitrogen and oxygen atoms in total. The molecule has 0 aromatic heterocycles. The first-order chi connectivity index (χ1) is 8.11. The molecule has 2 aliphatic rings. The summed E-state index contributed by atoms with van der Waals surface area (Å²) in [5, 5.41) is 9.33. The van der Waals surface area contributed by atoms with Gasteiger partial charge in [-0.1, -0.05) is 20.3 Å². The molecule has 17 heavy (non-hydrogen) atoms. The van der Waals surface area contributed by atoms with Crippen molar-refractivity contribution in [2.24, 2.45) is 5.41 Å². The first kappa shape index (κ1) is 13.3. The minimum atomic E-state index is 0.0524. The average Bonchev–Trinajstić information content (AvgIpc) is 2.78. The number of likely N-dealkylation sites (tertiary alicyclic amines) is 2. The second-order valence-electron chi connectivity index (χ2n) is 6.60. The third kappa shape index (κ3) is 3.67. The van der Waals surface area contributed by atoms with Crippen LogP contribution < -0.4 is 0 Å². The molecule has 2 heterocycles. The lowest BCUT2D eigenvalue weighted by atomic mass is 9.94. The quantitative estimate of drug-likeness (QED) is 0.808. The molecule has 0 aromatic rings. The van der Waals surface area contributed by atoms with Gasteiger partial charge in [-0.25, -0.2) is 0 Å². The summed E-state index contributed by atoms with van der Waals surface area (Å²) in [4.78, 5) is 5.23. The highest BCUT2D eigenvalue weighted by Crippen LogP contribution is 2.23. The van der Waals surface area contributed by atoms with E-state index >= 15 is 0 Å². The predicted octanol–water partition coefficient (Wildman–Crippen LogP) is 1.57. The molecule has 2 fully saturated rings. The van der Waals surface area contributed by atoms with E-state index in [1.54, 1.807) is 0 Å². The second kappa shape index (κ2) is 5.68. The van der Waals surface area contributed by atoms with E-state index in [4.69, 9.17) is 0 Å². The van der Waals surface area contributed by atoms with Gasteiger partial charge >= 0.3 is 0 Å². The highest BCUT2D eigenvalue weighted by molar-refractivity contribution is 4.87. The van der Waals surface area contributed by atoms with Crippen molar-refractivity contribution in [2.45, 2.75) is 45.6 Å². The van der Waals surface area contributed by atoms with E-state index in [1.807, 2.05) is 0 Å². The summed E-state index contributed by atoms with van der Waals surface area (Å²) in [5.41, 5.74) is 0.0524. The Morgan fingerprint density at radius 3 is 2.47 bits per heavy atom. The lowest BCUT2D eigenvalue weighted by Gasteiger charge is -2.33. The molecule has 100 valence electrons. The van der Waals surface area contributed by atoms with Crippen LogP contribution in [-0.2, 0) is 0 Å². The van der Waals surface area contributed by atoms with Gasteiger partial charge in [0, 0.05) is 31.2 Å². The highest BCUT2D eigenvalue weighted by Gasteiger charge is 2.31. The Morgan fingerprint density at radius 1 is 1.12 bits per heavy atom. The Kier molecular flexibility index (Phi) is 4.45. The van der Waals surface area contributed by atoms with E-state index in [2.05, 4.69) is 23.6 Å². The van der Waals surface area contributed by atoms with Gasteiger partial charge in [-0.3, -0.25) is 4.90 Å². The van der Waals surface area contributed by atoms with Crippen molar-refractivity contribution in [1.29, 1.82) is 0 Å². The van der Waals surface area contributed by atoms with Crippen LogP contribution in [0.2, 0.25) is 0 Å². The van der Waals surface area contributed by atoms with Crippen LogP contribution in [-0.4, -0.2) is 60.3 Å². The molecule has 1 unspecified atom stereocenters. The molecule has 0 spiro atoms. The number of hydrogen-bond donors (Lipinski definition) is 1. The van der Waals surface area contributed by atoms with Crippen molar-refractivity contribution in [3.8, 4) is 0 Å². The van der Waals surface area contributed by atoms with Crippen molar-refractivity contribution in [3.05, 3.63) is 0 Å². The molecule has 2 saturated heterocycles. The van der Waals surface area contributed by atoms with Crippen molar-refractivity contribution in [1.82, 2.24) is 9.80 Å². The molecule has 0 aromatic carbocycles. The van der Waals surface area contributed by atoms with Gasteiger partial charge in [0.15, 0.2) is 0 Å². The summed E-state index contributed by atoms with van der Waals surface area (Å²) in [6.07, 6.45) is 5.52. The molecule has 1 atom stereocenters. The topological polar surface area (TPSA) is 26.7 Å². The number of rotatable bonds is 4. The largest absolute Gasteiger partial charge is 0.396 e. The molecule has 3 heteroatoms. The molecule has 2 aliphatic heterocycles. The molecule has 0 aliphatic carbocycles. The van der Waals surface area contributed by atoms with Crippen LogP contribution in [0.1, 0.15) is 39.5 Å². The summed E-state index contributed by atoms with van der Waals surface area (Å²) in [7, 11) is 0. The fourth-order valence-electron chi connectivity index (χ4n) is 3.19. The zero-order chi connectivity index (χ0) is 12.3. The Hall–Kier alpha value is -0.120. The maximum atomic E-state index is 9.33.